The molecule has 0 bridgehead atoms. The molecule has 0 unspecified atom stereocenters. The van der Waals surface area contributed by atoms with Crippen molar-refractivity contribution in [2.45, 2.75) is 39.5 Å². The molecule has 0 saturated carbocycles. The largest absolute Gasteiger partial charge is 0.494 e. The highest BCUT2D eigenvalue weighted by molar-refractivity contribution is 5.94. The van der Waals surface area contributed by atoms with Gasteiger partial charge in [-0.15, -0.1) is 0 Å². The minimum atomic E-state index is 0.0841. The molecule has 116 valence electrons. The number of ether oxygens (including phenoxy) is 1. The lowest BCUT2D eigenvalue weighted by molar-refractivity contribution is 0.101. The maximum Gasteiger partial charge on any atom is 0.159 e. The Bertz CT molecular complexity index is 599. The van der Waals surface area contributed by atoms with E-state index in [4.69, 9.17) is 4.74 Å². The van der Waals surface area contributed by atoms with Crippen molar-refractivity contribution in [3.05, 3.63) is 65.2 Å². The molecule has 2 aromatic rings. The number of carbonyl (C=O) groups is 1. The first-order valence-corrected chi connectivity index (χ1v) is 8.00. The van der Waals surface area contributed by atoms with E-state index in [0.717, 1.165) is 37.0 Å². The quantitative estimate of drug-likeness (QED) is 0.514. The molecule has 0 N–H and O–H groups in total. The molecule has 2 heteroatoms. The molecule has 0 heterocycles. The van der Waals surface area contributed by atoms with Crippen LogP contribution in [-0.4, -0.2) is 12.4 Å². The average molecular weight is 296 g/mol. The molecule has 0 fully saturated rings. The van der Waals surface area contributed by atoms with Gasteiger partial charge in [-0.3, -0.25) is 4.79 Å². The number of ketones is 1. The third kappa shape index (κ3) is 5.03. The summed E-state index contributed by atoms with van der Waals surface area (Å²) >= 11 is 0. The lowest BCUT2D eigenvalue weighted by Gasteiger charge is -2.07. The molecule has 2 rings (SSSR count). The van der Waals surface area contributed by atoms with Crippen LogP contribution < -0.4 is 4.74 Å². The number of carbonyl (C=O) groups excluding carboxylic acids is 1. The summed E-state index contributed by atoms with van der Waals surface area (Å²) in [6.07, 6.45) is 4.34. The first-order chi connectivity index (χ1) is 10.7. The van der Waals surface area contributed by atoms with Crippen LogP contribution in [0.2, 0.25) is 0 Å². The van der Waals surface area contributed by atoms with Gasteiger partial charge in [0.25, 0.3) is 0 Å². The second kappa shape index (κ2) is 8.38. The van der Waals surface area contributed by atoms with Gasteiger partial charge in [-0.05, 0) is 68.0 Å². The molecule has 0 aromatic heterocycles. The smallest absolute Gasteiger partial charge is 0.159 e. The number of unbranched alkanes of at least 4 members (excludes halogenated alkanes) is 1. The molecule has 0 amide bonds. The van der Waals surface area contributed by atoms with Crippen LogP contribution >= 0.6 is 0 Å². The van der Waals surface area contributed by atoms with E-state index in [9.17, 15) is 4.79 Å². The number of benzene rings is 2. The molecule has 2 aromatic carbocycles. The van der Waals surface area contributed by atoms with Crippen LogP contribution in [0.3, 0.4) is 0 Å². The molecule has 0 aliphatic carbocycles. The molecule has 0 radical (unpaired) electrons. The third-order valence-electron chi connectivity index (χ3n) is 3.79. The standard InChI is InChI=1S/C20H24O2/c1-3-17-8-6-9-18(15-17)7-4-5-14-22-20-12-10-19(11-13-20)16(2)21/h6,8-13,15H,3-5,7,14H2,1-2H3. The zero-order chi connectivity index (χ0) is 15.8. The van der Waals surface area contributed by atoms with E-state index in [1.54, 1.807) is 6.92 Å². The van der Waals surface area contributed by atoms with Gasteiger partial charge in [0.2, 0.25) is 0 Å². The SMILES string of the molecule is CCc1cccc(CCCCOc2ccc(C(C)=O)cc2)c1. The molecule has 0 spiro atoms. The monoisotopic (exact) mass is 296 g/mol. The van der Waals surface area contributed by atoms with Crippen LogP contribution in [0.4, 0.5) is 0 Å². The molecule has 0 atom stereocenters. The topological polar surface area (TPSA) is 26.3 Å². The summed E-state index contributed by atoms with van der Waals surface area (Å²) in [7, 11) is 0. The van der Waals surface area contributed by atoms with E-state index in [0.29, 0.717) is 6.61 Å². The van der Waals surface area contributed by atoms with Crippen molar-refractivity contribution in [1.82, 2.24) is 0 Å². The second-order valence-electron chi connectivity index (χ2n) is 5.56. The van der Waals surface area contributed by atoms with Gasteiger partial charge >= 0.3 is 0 Å². The zero-order valence-electron chi connectivity index (χ0n) is 13.5. The van der Waals surface area contributed by atoms with Gasteiger partial charge in [0.15, 0.2) is 5.78 Å². The predicted octanol–water partition coefficient (Wildman–Crippen LogP) is 4.85. The summed E-state index contributed by atoms with van der Waals surface area (Å²) in [6, 6.07) is 16.2. The number of hydrogen-bond acceptors (Lipinski definition) is 2. The zero-order valence-corrected chi connectivity index (χ0v) is 13.5. The molecule has 0 saturated heterocycles. The van der Waals surface area contributed by atoms with Gasteiger partial charge in [0.1, 0.15) is 5.75 Å². The van der Waals surface area contributed by atoms with Crippen LogP contribution in [0.1, 0.15) is 48.2 Å². The second-order valence-corrected chi connectivity index (χ2v) is 5.56. The summed E-state index contributed by atoms with van der Waals surface area (Å²) in [5.74, 6) is 0.916. The van der Waals surface area contributed by atoms with E-state index >= 15 is 0 Å². The van der Waals surface area contributed by atoms with Crippen molar-refractivity contribution >= 4 is 5.78 Å². The van der Waals surface area contributed by atoms with Gasteiger partial charge in [-0.25, -0.2) is 0 Å². The highest BCUT2D eigenvalue weighted by atomic mass is 16.5. The van der Waals surface area contributed by atoms with Crippen LogP contribution in [0.5, 0.6) is 5.75 Å². The Balaban J connectivity index is 1.69. The lowest BCUT2D eigenvalue weighted by atomic mass is 10.0. The maximum absolute atomic E-state index is 11.2. The van der Waals surface area contributed by atoms with Crippen molar-refractivity contribution in [3.8, 4) is 5.75 Å². The number of rotatable bonds is 8. The van der Waals surface area contributed by atoms with E-state index in [-0.39, 0.29) is 5.78 Å². The fraction of sp³-hybridized carbons (Fsp3) is 0.350. The highest BCUT2D eigenvalue weighted by Crippen LogP contribution is 2.14. The first-order valence-electron chi connectivity index (χ1n) is 8.00. The van der Waals surface area contributed by atoms with Gasteiger partial charge in [0, 0.05) is 5.56 Å². The van der Waals surface area contributed by atoms with Crippen LogP contribution in [0.25, 0.3) is 0 Å². The Labute approximate surface area is 133 Å². The summed E-state index contributed by atoms with van der Waals surface area (Å²) in [5.41, 5.74) is 3.53. The molecule has 0 aliphatic rings. The molecule has 2 nitrogen and oxygen atoms in total. The van der Waals surface area contributed by atoms with E-state index < -0.39 is 0 Å². The Morgan fingerprint density at radius 1 is 1.00 bits per heavy atom. The average Bonchev–Trinajstić information content (AvgIpc) is 2.55. The molecule has 22 heavy (non-hydrogen) atoms. The number of hydrogen-bond donors (Lipinski definition) is 0. The van der Waals surface area contributed by atoms with Crippen LogP contribution in [0.15, 0.2) is 48.5 Å². The van der Waals surface area contributed by atoms with Crippen molar-refractivity contribution in [1.29, 1.82) is 0 Å². The van der Waals surface area contributed by atoms with Crippen molar-refractivity contribution in [3.63, 3.8) is 0 Å². The summed E-state index contributed by atoms with van der Waals surface area (Å²) < 4.78 is 5.71. The van der Waals surface area contributed by atoms with Gasteiger partial charge < -0.3 is 4.74 Å². The fourth-order valence-electron chi connectivity index (χ4n) is 2.41. The van der Waals surface area contributed by atoms with E-state index in [1.165, 1.54) is 11.1 Å². The summed E-state index contributed by atoms with van der Waals surface area (Å²) in [6.45, 7) is 4.47. The minimum Gasteiger partial charge on any atom is -0.494 e. The van der Waals surface area contributed by atoms with Gasteiger partial charge in [0.05, 0.1) is 6.61 Å². The Morgan fingerprint density at radius 3 is 2.41 bits per heavy atom. The van der Waals surface area contributed by atoms with Crippen molar-refractivity contribution in [2.24, 2.45) is 0 Å². The first kappa shape index (κ1) is 16.3. The predicted molar refractivity (Wildman–Crippen MR) is 90.7 cm³/mol. The fourth-order valence-corrected chi connectivity index (χ4v) is 2.41. The van der Waals surface area contributed by atoms with E-state index in [2.05, 4.69) is 31.2 Å². The Hall–Kier alpha value is -2.09. The minimum absolute atomic E-state index is 0.0841. The van der Waals surface area contributed by atoms with Crippen LogP contribution in [-0.2, 0) is 12.8 Å². The number of Topliss-reactive ketones (excluding diaryl/α,β-unsaturated/α-hetero) is 1. The third-order valence-corrected chi connectivity index (χ3v) is 3.79. The van der Waals surface area contributed by atoms with Gasteiger partial charge in [-0.2, -0.15) is 0 Å². The maximum atomic E-state index is 11.2. The Kier molecular flexibility index (Phi) is 6.20. The molecular weight excluding hydrogens is 272 g/mol. The summed E-state index contributed by atoms with van der Waals surface area (Å²) in [4.78, 5) is 11.2. The normalized spacial score (nSPS) is 10.5. The molecule has 0 aliphatic heterocycles. The van der Waals surface area contributed by atoms with Crippen molar-refractivity contribution < 1.29 is 9.53 Å². The highest BCUT2D eigenvalue weighted by Gasteiger charge is 2.00. The van der Waals surface area contributed by atoms with Gasteiger partial charge in [-0.1, -0.05) is 31.2 Å². The van der Waals surface area contributed by atoms with E-state index in [1.807, 2.05) is 24.3 Å². The summed E-state index contributed by atoms with van der Waals surface area (Å²) in [5, 5.41) is 0. The van der Waals surface area contributed by atoms with Crippen molar-refractivity contribution in [2.75, 3.05) is 6.61 Å². The lowest BCUT2D eigenvalue weighted by Crippen LogP contribution is -1.99. The Morgan fingerprint density at radius 2 is 1.73 bits per heavy atom. The van der Waals surface area contributed by atoms with Crippen LogP contribution in [0, 0.1) is 0 Å². The number of aryl methyl sites for hydroxylation is 2. The molecular formula is C20H24O2.